The Labute approximate surface area is 102 Å². The Bertz CT molecular complexity index is 376. The fourth-order valence-corrected chi connectivity index (χ4v) is 2.11. The predicted octanol–water partition coefficient (Wildman–Crippen LogP) is 1.46. The number of pyridine rings is 1. The van der Waals surface area contributed by atoms with Crippen molar-refractivity contribution < 1.29 is 9.53 Å². The summed E-state index contributed by atoms with van der Waals surface area (Å²) in [7, 11) is 3.40. The number of hydrogen-bond donors (Lipinski definition) is 0. The zero-order chi connectivity index (χ0) is 12.3. The van der Waals surface area contributed by atoms with Gasteiger partial charge in [-0.3, -0.25) is 14.7 Å². The van der Waals surface area contributed by atoms with E-state index in [4.69, 9.17) is 4.74 Å². The van der Waals surface area contributed by atoms with Crippen LogP contribution in [0.3, 0.4) is 0 Å². The molecule has 1 unspecified atom stereocenters. The molecular weight excluding hydrogens is 216 g/mol. The van der Waals surface area contributed by atoms with Gasteiger partial charge in [0.05, 0.1) is 12.8 Å². The fraction of sp³-hybridized carbons (Fsp3) is 0.538. The van der Waals surface area contributed by atoms with E-state index in [1.807, 2.05) is 30.1 Å². The molecule has 0 spiro atoms. The minimum atomic E-state index is -0.133. The summed E-state index contributed by atoms with van der Waals surface area (Å²) in [6.45, 7) is 0.678. The number of aromatic nitrogens is 1. The van der Waals surface area contributed by atoms with Crippen LogP contribution >= 0.6 is 0 Å². The topological polar surface area (TPSA) is 42.4 Å². The highest BCUT2D eigenvalue weighted by molar-refractivity contribution is 5.76. The van der Waals surface area contributed by atoms with Gasteiger partial charge in [0.25, 0.3) is 0 Å². The van der Waals surface area contributed by atoms with Gasteiger partial charge < -0.3 is 4.74 Å². The number of rotatable bonds is 5. The third-order valence-electron chi connectivity index (χ3n) is 3.12. The summed E-state index contributed by atoms with van der Waals surface area (Å²) < 4.78 is 4.87. The predicted molar refractivity (Wildman–Crippen MR) is 64.2 cm³/mol. The molecule has 1 aromatic rings. The zero-order valence-corrected chi connectivity index (χ0v) is 10.3. The molecule has 1 aliphatic carbocycles. The van der Waals surface area contributed by atoms with Crippen molar-refractivity contribution in [2.45, 2.75) is 25.4 Å². The van der Waals surface area contributed by atoms with Crippen molar-refractivity contribution in [2.24, 2.45) is 5.92 Å². The second-order valence-corrected chi connectivity index (χ2v) is 4.54. The van der Waals surface area contributed by atoms with Crippen LogP contribution in [0, 0.1) is 5.92 Å². The molecule has 0 amide bonds. The largest absolute Gasteiger partial charge is 0.468 e. The Morgan fingerprint density at radius 3 is 2.88 bits per heavy atom. The molecule has 0 radical (unpaired) electrons. The van der Waals surface area contributed by atoms with Crippen molar-refractivity contribution in [3.05, 3.63) is 30.1 Å². The number of ether oxygens (including phenoxy) is 1. The maximum absolute atomic E-state index is 11.7. The Morgan fingerprint density at radius 1 is 1.59 bits per heavy atom. The van der Waals surface area contributed by atoms with Gasteiger partial charge in [-0.15, -0.1) is 0 Å². The van der Waals surface area contributed by atoms with Gasteiger partial charge in [-0.25, -0.2) is 0 Å². The van der Waals surface area contributed by atoms with Gasteiger partial charge in [0, 0.05) is 12.7 Å². The lowest BCUT2D eigenvalue weighted by molar-refractivity contribution is -0.147. The maximum atomic E-state index is 11.7. The molecule has 1 saturated carbocycles. The zero-order valence-electron chi connectivity index (χ0n) is 10.3. The first-order chi connectivity index (χ1) is 8.22. The van der Waals surface area contributed by atoms with Crippen LogP contribution in [0.5, 0.6) is 0 Å². The smallest absolute Gasteiger partial charge is 0.323 e. The minimum Gasteiger partial charge on any atom is -0.468 e. The summed E-state index contributed by atoms with van der Waals surface area (Å²) in [4.78, 5) is 18.0. The van der Waals surface area contributed by atoms with Crippen molar-refractivity contribution in [1.82, 2.24) is 9.88 Å². The van der Waals surface area contributed by atoms with E-state index in [0.717, 1.165) is 18.5 Å². The van der Waals surface area contributed by atoms with Crippen molar-refractivity contribution >= 4 is 5.97 Å². The third kappa shape index (κ3) is 3.03. The highest BCUT2D eigenvalue weighted by atomic mass is 16.5. The Balaban J connectivity index is 2.01. The molecule has 0 aliphatic heterocycles. The first-order valence-electron chi connectivity index (χ1n) is 5.90. The highest BCUT2D eigenvalue weighted by Crippen LogP contribution is 2.35. The third-order valence-corrected chi connectivity index (χ3v) is 3.12. The van der Waals surface area contributed by atoms with Gasteiger partial charge in [-0.05, 0) is 37.9 Å². The Morgan fingerprint density at radius 2 is 2.35 bits per heavy atom. The van der Waals surface area contributed by atoms with Gasteiger partial charge in [-0.2, -0.15) is 0 Å². The lowest BCUT2D eigenvalue weighted by Gasteiger charge is -2.25. The number of likely N-dealkylation sites (N-methyl/N-ethyl adjacent to an activating group) is 1. The van der Waals surface area contributed by atoms with Crippen molar-refractivity contribution in [3.8, 4) is 0 Å². The maximum Gasteiger partial charge on any atom is 0.323 e. The first kappa shape index (κ1) is 12.0. The standard InChI is InChI=1S/C13H18N2O2/c1-15(9-11-5-3-4-8-14-11)12(10-6-7-10)13(16)17-2/h3-5,8,10,12H,6-7,9H2,1-2H3. The summed E-state index contributed by atoms with van der Waals surface area (Å²) >= 11 is 0. The van der Waals surface area contributed by atoms with E-state index in [1.54, 1.807) is 6.20 Å². The molecule has 4 heteroatoms. The molecule has 1 heterocycles. The van der Waals surface area contributed by atoms with E-state index in [-0.39, 0.29) is 12.0 Å². The molecule has 0 saturated heterocycles. The molecule has 1 atom stereocenters. The van der Waals surface area contributed by atoms with Gasteiger partial charge in [-0.1, -0.05) is 6.07 Å². The van der Waals surface area contributed by atoms with Gasteiger partial charge in [0.15, 0.2) is 0 Å². The first-order valence-corrected chi connectivity index (χ1v) is 5.90. The summed E-state index contributed by atoms with van der Waals surface area (Å²) in [5.41, 5.74) is 0.976. The number of carbonyl (C=O) groups is 1. The van der Waals surface area contributed by atoms with Crippen LogP contribution in [0.25, 0.3) is 0 Å². The van der Waals surface area contributed by atoms with Crippen molar-refractivity contribution in [3.63, 3.8) is 0 Å². The van der Waals surface area contributed by atoms with Crippen LogP contribution in [-0.4, -0.2) is 36.1 Å². The fourth-order valence-electron chi connectivity index (χ4n) is 2.11. The van der Waals surface area contributed by atoms with Crippen molar-refractivity contribution in [2.75, 3.05) is 14.2 Å². The molecule has 1 aromatic heterocycles. The summed E-state index contributed by atoms with van der Waals surface area (Å²) in [5, 5.41) is 0. The average molecular weight is 234 g/mol. The van der Waals surface area contributed by atoms with Crippen LogP contribution in [0.2, 0.25) is 0 Å². The molecule has 0 aromatic carbocycles. The normalized spacial score (nSPS) is 16.9. The number of nitrogens with zero attached hydrogens (tertiary/aromatic N) is 2. The number of esters is 1. The summed E-state index contributed by atoms with van der Waals surface area (Å²) in [6, 6.07) is 5.70. The van der Waals surface area contributed by atoms with Crippen molar-refractivity contribution in [1.29, 1.82) is 0 Å². The second-order valence-electron chi connectivity index (χ2n) is 4.54. The molecule has 1 fully saturated rings. The van der Waals surface area contributed by atoms with E-state index in [1.165, 1.54) is 7.11 Å². The molecule has 92 valence electrons. The summed E-state index contributed by atoms with van der Waals surface area (Å²) in [6.07, 6.45) is 4.01. The van der Waals surface area contributed by atoms with Crippen LogP contribution in [-0.2, 0) is 16.1 Å². The highest BCUT2D eigenvalue weighted by Gasteiger charge is 2.39. The van der Waals surface area contributed by atoms with Crippen LogP contribution < -0.4 is 0 Å². The van der Waals surface area contributed by atoms with Crippen LogP contribution in [0.15, 0.2) is 24.4 Å². The quantitative estimate of drug-likeness (QED) is 0.723. The molecule has 2 rings (SSSR count). The molecule has 1 aliphatic rings. The molecule has 0 N–H and O–H groups in total. The second kappa shape index (κ2) is 5.27. The number of methoxy groups -OCH3 is 1. The molecule has 17 heavy (non-hydrogen) atoms. The summed E-state index contributed by atoms with van der Waals surface area (Å²) in [5.74, 6) is 0.321. The number of carbonyl (C=O) groups excluding carboxylic acids is 1. The molecular formula is C13H18N2O2. The Hall–Kier alpha value is -1.42. The SMILES string of the molecule is COC(=O)C(C1CC1)N(C)Cc1ccccn1. The lowest BCUT2D eigenvalue weighted by Crippen LogP contribution is -2.40. The van der Waals surface area contributed by atoms with Crippen LogP contribution in [0.4, 0.5) is 0 Å². The van der Waals surface area contributed by atoms with Crippen LogP contribution in [0.1, 0.15) is 18.5 Å². The van der Waals surface area contributed by atoms with E-state index in [2.05, 4.69) is 4.98 Å². The Kier molecular flexibility index (Phi) is 3.74. The van der Waals surface area contributed by atoms with Gasteiger partial charge >= 0.3 is 5.97 Å². The van der Waals surface area contributed by atoms with E-state index in [9.17, 15) is 4.79 Å². The lowest BCUT2D eigenvalue weighted by atomic mass is 10.1. The number of hydrogen-bond acceptors (Lipinski definition) is 4. The van der Waals surface area contributed by atoms with E-state index < -0.39 is 0 Å². The van der Waals surface area contributed by atoms with Gasteiger partial charge in [0.2, 0.25) is 0 Å². The van der Waals surface area contributed by atoms with E-state index >= 15 is 0 Å². The van der Waals surface area contributed by atoms with Gasteiger partial charge in [0.1, 0.15) is 6.04 Å². The molecule has 4 nitrogen and oxygen atoms in total. The average Bonchev–Trinajstić information content (AvgIpc) is 3.15. The monoisotopic (exact) mass is 234 g/mol. The van der Waals surface area contributed by atoms with E-state index in [0.29, 0.717) is 12.5 Å². The molecule has 0 bridgehead atoms. The minimum absolute atomic E-state index is 0.123.